The molecule has 8 rings (SSSR count). The number of hydrogen-bond acceptors (Lipinski definition) is 12. The Morgan fingerprint density at radius 1 is 0.478 bits per heavy atom. The summed E-state index contributed by atoms with van der Waals surface area (Å²) in [6.07, 6.45) is 0. The van der Waals surface area contributed by atoms with Crippen LogP contribution in [0.3, 0.4) is 0 Å². The molecule has 0 aliphatic heterocycles. The second-order valence-corrected chi connectivity index (χ2v) is 16.4. The molecular formula is C53H62N8O6. The van der Waals surface area contributed by atoms with Crippen LogP contribution in [0.4, 0.5) is 23.0 Å². The molecule has 14 heteroatoms. The highest BCUT2D eigenvalue weighted by Gasteiger charge is 2.24. The van der Waals surface area contributed by atoms with Crippen molar-refractivity contribution in [3.05, 3.63) is 119 Å². The first kappa shape index (κ1) is 47.5. The Morgan fingerprint density at radius 3 is 1.34 bits per heavy atom. The topological polar surface area (TPSA) is 141 Å². The lowest BCUT2D eigenvalue weighted by molar-refractivity contribution is 0.335. The predicted octanol–water partition coefficient (Wildman–Crippen LogP) is 12.1. The molecule has 0 bridgehead atoms. The molecule has 0 spiro atoms. The molecule has 0 amide bonds. The van der Waals surface area contributed by atoms with Gasteiger partial charge in [-0.2, -0.15) is 10.2 Å². The van der Waals surface area contributed by atoms with Gasteiger partial charge in [0.25, 0.3) is 0 Å². The van der Waals surface area contributed by atoms with E-state index in [4.69, 9.17) is 28.4 Å². The lowest BCUT2D eigenvalue weighted by Gasteiger charge is -2.15. The molecule has 0 unspecified atom stereocenters. The number of nitrogens with one attached hydrogen (secondary N) is 2. The molecule has 350 valence electrons. The van der Waals surface area contributed by atoms with Crippen molar-refractivity contribution in [2.75, 3.05) is 52.3 Å². The van der Waals surface area contributed by atoms with E-state index in [2.05, 4.69) is 106 Å². The van der Waals surface area contributed by atoms with Gasteiger partial charge in [-0.3, -0.25) is 0 Å². The summed E-state index contributed by atoms with van der Waals surface area (Å²) >= 11 is 0. The Bertz CT molecular complexity index is 3040. The zero-order chi connectivity index (χ0) is 48.1. The van der Waals surface area contributed by atoms with Crippen LogP contribution in [0.25, 0.3) is 32.9 Å². The molecule has 0 aliphatic carbocycles. The SMILES string of the molecule is CCOc1ccc(-n2c(C)c3c(C)nnc(Nc4cc(OC)cc(OC)c4)c3c2C)c(OC)c1.CCOc1ccc(-n2c(C)c3c(C)nnc(Nc4cccc(C(C)C)c4)c3c2C)c(OC)c1. The molecule has 8 aromatic rings. The summed E-state index contributed by atoms with van der Waals surface area (Å²) in [6, 6.07) is 25.9. The summed E-state index contributed by atoms with van der Waals surface area (Å²) in [5.74, 6) is 6.26. The normalized spacial score (nSPS) is 11.1. The van der Waals surface area contributed by atoms with E-state index >= 15 is 0 Å². The van der Waals surface area contributed by atoms with E-state index in [1.54, 1.807) is 28.4 Å². The van der Waals surface area contributed by atoms with Crippen LogP contribution in [0.1, 0.15) is 73.3 Å². The molecule has 14 nitrogen and oxygen atoms in total. The highest BCUT2D eigenvalue weighted by molar-refractivity contribution is 6.00. The number of anilines is 4. The number of rotatable bonds is 15. The third-order valence-corrected chi connectivity index (χ3v) is 11.9. The molecule has 0 atom stereocenters. The minimum Gasteiger partial charge on any atom is -0.497 e. The Labute approximate surface area is 393 Å². The fraction of sp³-hybridized carbons (Fsp3) is 0.321. The van der Waals surface area contributed by atoms with E-state index in [1.807, 2.05) is 82.3 Å². The Hall–Kier alpha value is -7.48. The summed E-state index contributed by atoms with van der Waals surface area (Å²) in [6.45, 7) is 21.9. The van der Waals surface area contributed by atoms with Gasteiger partial charge in [0.2, 0.25) is 0 Å². The third-order valence-electron chi connectivity index (χ3n) is 11.9. The average Bonchev–Trinajstić information content (AvgIpc) is 3.76. The van der Waals surface area contributed by atoms with Crippen LogP contribution in [0.5, 0.6) is 34.5 Å². The van der Waals surface area contributed by atoms with E-state index < -0.39 is 0 Å². The van der Waals surface area contributed by atoms with Crippen molar-refractivity contribution in [2.45, 2.75) is 75.2 Å². The molecule has 0 saturated carbocycles. The number of benzene rings is 4. The Morgan fingerprint density at radius 2 is 0.925 bits per heavy atom. The number of fused-ring (bicyclic) bond motifs is 2. The fourth-order valence-corrected chi connectivity index (χ4v) is 8.81. The van der Waals surface area contributed by atoms with Gasteiger partial charge in [0.05, 0.1) is 64.4 Å². The first-order chi connectivity index (χ1) is 32.3. The second-order valence-electron chi connectivity index (χ2n) is 16.4. The molecule has 4 aromatic heterocycles. The molecule has 4 heterocycles. The van der Waals surface area contributed by atoms with Gasteiger partial charge >= 0.3 is 0 Å². The highest BCUT2D eigenvalue weighted by Crippen LogP contribution is 2.41. The van der Waals surface area contributed by atoms with Crippen LogP contribution in [0.15, 0.2) is 78.9 Å². The van der Waals surface area contributed by atoms with Crippen LogP contribution in [0, 0.1) is 41.5 Å². The molecule has 0 fully saturated rings. The van der Waals surface area contributed by atoms with Crippen LogP contribution < -0.4 is 39.1 Å². The smallest absolute Gasteiger partial charge is 0.162 e. The predicted molar refractivity (Wildman–Crippen MR) is 268 cm³/mol. The maximum absolute atomic E-state index is 5.74. The lowest BCUT2D eigenvalue weighted by atomic mass is 10.0. The zero-order valence-electron chi connectivity index (χ0n) is 41.1. The Kier molecular flexibility index (Phi) is 14.4. The summed E-state index contributed by atoms with van der Waals surface area (Å²) in [4.78, 5) is 0. The quantitative estimate of drug-likeness (QED) is 0.101. The van der Waals surface area contributed by atoms with E-state index in [-0.39, 0.29) is 0 Å². The number of aryl methyl sites for hydroxylation is 6. The summed E-state index contributed by atoms with van der Waals surface area (Å²) in [5, 5.41) is 29.1. The van der Waals surface area contributed by atoms with E-state index in [1.165, 1.54) is 5.56 Å². The number of hydrogen-bond donors (Lipinski definition) is 2. The van der Waals surface area contributed by atoms with Gasteiger partial charge in [-0.25, -0.2) is 0 Å². The van der Waals surface area contributed by atoms with Gasteiger partial charge in [0.1, 0.15) is 34.5 Å². The van der Waals surface area contributed by atoms with Crippen LogP contribution in [-0.4, -0.2) is 71.2 Å². The van der Waals surface area contributed by atoms with Crippen molar-refractivity contribution in [1.29, 1.82) is 0 Å². The Balaban J connectivity index is 0.000000199. The lowest BCUT2D eigenvalue weighted by Crippen LogP contribution is -2.03. The van der Waals surface area contributed by atoms with Crippen molar-refractivity contribution in [3.63, 3.8) is 0 Å². The van der Waals surface area contributed by atoms with Crippen molar-refractivity contribution >= 4 is 44.6 Å². The van der Waals surface area contributed by atoms with Gasteiger partial charge in [0.15, 0.2) is 11.6 Å². The van der Waals surface area contributed by atoms with Gasteiger partial charge in [0, 0.05) is 86.0 Å². The van der Waals surface area contributed by atoms with E-state index in [9.17, 15) is 0 Å². The number of methoxy groups -OCH3 is 4. The fourth-order valence-electron chi connectivity index (χ4n) is 8.81. The maximum Gasteiger partial charge on any atom is 0.162 e. The standard InChI is InChI=1S/C27H32N4O2.C26H30N4O4/c1-8-33-22-12-13-23(24(15-22)32-7)31-18(5)25-17(4)29-30-27(26(25)19(31)6)28-21-11-9-10-20(14-21)16(2)3;1-8-34-19-9-10-22(23(14-19)33-7)30-16(3)24-15(2)28-29-26(25(24)17(30)4)27-18-11-20(31-5)13-21(12-18)32-6/h9-16H,8H2,1-7H3,(H,28,30);9-14H,8H2,1-7H3,(H,27,29). The van der Waals surface area contributed by atoms with Crippen LogP contribution in [-0.2, 0) is 0 Å². The third kappa shape index (κ3) is 9.47. The monoisotopic (exact) mass is 906 g/mol. The van der Waals surface area contributed by atoms with Crippen LogP contribution in [0.2, 0.25) is 0 Å². The van der Waals surface area contributed by atoms with Crippen molar-refractivity contribution in [2.24, 2.45) is 0 Å². The highest BCUT2D eigenvalue weighted by atomic mass is 16.5. The van der Waals surface area contributed by atoms with Gasteiger partial charge in [-0.05, 0) is 103 Å². The number of aromatic nitrogens is 6. The second kappa shape index (κ2) is 20.4. The van der Waals surface area contributed by atoms with Gasteiger partial charge in [-0.15, -0.1) is 10.2 Å². The van der Waals surface area contributed by atoms with Gasteiger partial charge in [-0.1, -0.05) is 26.0 Å². The van der Waals surface area contributed by atoms with Gasteiger partial charge < -0.3 is 48.2 Å². The first-order valence-electron chi connectivity index (χ1n) is 22.5. The molecule has 0 aliphatic rings. The molecule has 0 saturated heterocycles. The minimum absolute atomic E-state index is 0.452. The number of ether oxygens (including phenoxy) is 6. The zero-order valence-corrected chi connectivity index (χ0v) is 41.1. The molecular weight excluding hydrogens is 845 g/mol. The van der Waals surface area contributed by atoms with Crippen LogP contribution >= 0.6 is 0 Å². The molecule has 0 radical (unpaired) electrons. The van der Waals surface area contributed by atoms with E-state index in [0.29, 0.717) is 36.4 Å². The largest absolute Gasteiger partial charge is 0.497 e. The number of nitrogens with zero attached hydrogens (tertiary/aromatic N) is 6. The summed E-state index contributed by atoms with van der Waals surface area (Å²) in [7, 11) is 6.60. The van der Waals surface area contributed by atoms with E-state index in [0.717, 1.165) is 107 Å². The molecule has 67 heavy (non-hydrogen) atoms. The first-order valence-corrected chi connectivity index (χ1v) is 22.5. The average molecular weight is 907 g/mol. The van der Waals surface area contributed by atoms with Crippen molar-refractivity contribution in [3.8, 4) is 45.9 Å². The molecule has 4 aromatic carbocycles. The summed E-state index contributed by atoms with van der Waals surface area (Å²) < 4.78 is 38.0. The van der Waals surface area contributed by atoms with Crippen molar-refractivity contribution < 1.29 is 28.4 Å². The minimum atomic E-state index is 0.452. The summed E-state index contributed by atoms with van der Waals surface area (Å²) in [5.41, 5.74) is 10.9. The van der Waals surface area contributed by atoms with Crippen molar-refractivity contribution in [1.82, 2.24) is 29.5 Å². The molecule has 2 N–H and O–H groups in total. The maximum atomic E-state index is 5.74.